The first-order valence-corrected chi connectivity index (χ1v) is 4.21. The standard InChI is InChI=1S/C6H6O4S.2H2O/c7-5-1-3-6(4-2-5)11(8,9)10;;/h1-4,7H,(H,8,9,10);2*1H2. The number of aromatic hydroxyl groups is 1. The van der Waals surface area contributed by atoms with E-state index in [1.807, 2.05) is 0 Å². The van der Waals surface area contributed by atoms with E-state index in [9.17, 15) is 8.42 Å². The molecule has 0 heterocycles. The Hall–Kier alpha value is -1.15. The van der Waals surface area contributed by atoms with Gasteiger partial charge < -0.3 is 16.1 Å². The van der Waals surface area contributed by atoms with Crippen molar-refractivity contribution in [3.05, 3.63) is 24.3 Å². The van der Waals surface area contributed by atoms with Gasteiger partial charge in [-0.2, -0.15) is 8.42 Å². The summed E-state index contributed by atoms with van der Waals surface area (Å²) in [6.07, 6.45) is 0. The van der Waals surface area contributed by atoms with Crippen LogP contribution in [0.3, 0.4) is 0 Å². The van der Waals surface area contributed by atoms with Crippen molar-refractivity contribution in [2.24, 2.45) is 0 Å². The molecule has 0 aliphatic heterocycles. The Bertz CT molecular complexity index is 340. The van der Waals surface area contributed by atoms with Gasteiger partial charge in [0.1, 0.15) is 5.75 Å². The van der Waals surface area contributed by atoms with E-state index in [1.165, 1.54) is 12.1 Å². The Labute approximate surface area is 74.8 Å². The van der Waals surface area contributed by atoms with Crippen LogP contribution in [0.4, 0.5) is 0 Å². The largest absolute Gasteiger partial charge is 0.508 e. The second-order valence-corrected chi connectivity index (χ2v) is 3.39. The van der Waals surface area contributed by atoms with Crippen LogP contribution in [-0.4, -0.2) is 29.0 Å². The smallest absolute Gasteiger partial charge is 0.294 e. The zero-order valence-corrected chi connectivity index (χ0v) is 7.25. The average molecular weight is 210 g/mol. The fourth-order valence-corrected chi connectivity index (χ4v) is 1.10. The average Bonchev–Trinajstić information content (AvgIpc) is 1.86. The van der Waals surface area contributed by atoms with Crippen LogP contribution in [0.5, 0.6) is 5.75 Å². The van der Waals surface area contributed by atoms with Crippen molar-refractivity contribution >= 4 is 10.1 Å². The van der Waals surface area contributed by atoms with Crippen molar-refractivity contribution in [3.63, 3.8) is 0 Å². The maximum absolute atomic E-state index is 10.4. The molecule has 7 heteroatoms. The Morgan fingerprint density at radius 3 is 1.69 bits per heavy atom. The van der Waals surface area contributed by atoms with Crippen LogP contribution in [0.25, 0.3) is 0 Å². The number of phenolic OH excluding ortho intramolecular Hbond substituents is 1. The minimum atomic E-state index is -4.13. The third kappa shape index (κ3) is 3.85. The maximum Gasteiger partial charge on any atom is 0.294 e. The summed E-state index contributed by atoms with van der Waals surface area (Å²) >= 11 is 0. The summed E-state index contributed by atoms with van der Waals surface area (Å²) in [6.45, 7) is 0. The Balaban J connectivity index is 0. The zero-order chi connectivity index (χ0) is 8.48. The van der Waals surface area contributed by atoms with Gasteiger partial charge in [0.05, 0.1) is 4.90 Å². The van der Waals surface area contributed by atoms with Gasteiger partial charge in [-0.05, 0) is 24.3 Å². The van der Waals surface area contributed by atoms with Crippen molar-refractivity contribution in [1.29, 1.82) is 0 Å². The van der Waals surface area contributed by atoms with Gasteiger partial charge in [-0.1, -0.05) is 0 Å². The molecule has 6 nitrogen and oxygen atoms in total. The third-order valence-corrected chi connectivity index (χ3v) is 2.00. The number of hydrogen-bond acceptors (Lipinski definition) is 3. The molecule has 0 aliphatic carbocycles. The Morgan fingerprint density at radius 1 is 1.00 bits per heavy atom. The summed E-state index contributed by atoms with van der Waals surface area (Å²) in [7, 11) is -4.13. The first-order valence-electron chi connectivity index (χ1n) is 2.77. The fourth-order valence-electron chi connectivity index (χ4n) is 0.618. The molecule has 1 rings (SSSR count). The molecular weight excluding hydrogens is 200 g/mol. The van der Waals surface area contributed by atoms with E-state index in [-0.39, 0.29) is 21.6 Å². The predicted molar refractivity (Wildman–Crippen MR) is 45.1 cm³/mol. The second-order valence-electron chi connectivity index (χ2n) is 1.97. The van der Waals surface area contributed by atoms with Crippen LogP contribution in [0.2, 0.25) is 0 Å². The first-order chi connectivity index (χ1) is 5.00. The van der Waals surface area contributed by atoms with E-state index in [0.717, 1.165) is 12.1 Å². The molecule has 0 unspecified atom stereocenters. The van der Waals surface area contributed by atoms with Crippen molar-refractivity contribution in [2.45, 2.75) is 4.90 Å². The molecule has 1 aromatic carbocycles. The highest BCUT2D eigenvalue weighted by Crippen LogP contribution is 2.13. The van der Waals surface area contributed by atoms with Gasteiger partial charge in [-0.15, -0.1) is 0 Å². The fraction of sp³-hybridized carbons (Fsp3) is 0. The van der Waals surface area contributed by atoms with Crippen molar-refractivity contribution < 1.29 is 29.0 Å². The van der Waals surface area contributed by atoms with Gasteiger partial charge in [-0.25, -0.2) is 0 Å². The molecule has 0 amide bonds. The van der Waals surface area contributed by atoms with E-state index >= 15 is 0 Å². The summed E-state index contributed by atoms with van der Waals surface area (Å²) in [4.78, 5) is -0.227. The molecular formula is C6H10O6S. The van der Waals surface area contributed by atoms with Crippen LogP contribution in [-0.2, 0) is 10.1 Å². The highest BCUT2D eigenvalue weighted by molar-refractivity contribution is 7.85. The number of benzene rings is 1. The molecule has 0 saturated carbocycles. The molecule has 76 valence electrons. The Morgan fingerprint density at radius 2 is 1.38 bits per heavy atom. The van der Waals surface area contributed by atoms with Gasteiger partial charge in [0.25, 0.3) is 10.1 Å². The van der Waals surface area contributed by atoms with Gasteiger partial charge in [0, 0.05) is 0 Å². The van der Waals surface area contributed by atoms with Crippen molar-refractivity contribution in [2.75, 3.05) is 0 Å². The molecule has 0 aromatic heterocycles. The quantitative estimate of drug-likeness (QED) is 0.573. The molecule has 0 atom stereocenters. The van der Waals surface area contributed by atoms with Crippen molar-refractivity contribution in [1.82, 2.24) is 0 Å². The summed E-state index contributed by atoms with van der Waals surface area (Å²) < 4.78 is 29.3. The predicted octanol–water partition coefficient (Wildman–Crippen LogP) is -1.01. The lowest BCUT2D eigenvalue weighted by Gasteiger charge is -1.94. The van der Waals surface area contributed by atoms with Crippen LogP contribution in [0.1, 0.15) is 0 Å². The molecule has 1 aromatic rings. The SMILES string of the molecule is O.O.O=S(=O)(O)c1ccc(O)cc1. The Kier molecular flexibility index (Phi) is 5.28. The molecule has 0 aliphatic rings. The molecule has 13 heavy (non-hydrogen) atoms. The number of rotatable bonds is 1. The first kappa shape index (κ1) is 14.4. The van der Waals surface area contributed by atoms with Crippen LogP contribution >= 0.6 is 0 Å². The molecule has 0 fully saturated rings. The van der Waals surface area contributed by atoms with Gasteiger partial charge in [0.15, 0.2) is 0 Å². The van der Waals surface area contributed by atoms with E-state index in [0.29, 0.717) is 0 Å². The van der Waals surface area contributed by atoms with Gasteiger partial charge in [0.2, 0.25) is 0 Å². The van der Waals surface area contributed by atoms with E-state index in [2.05, 4.69) is 0 Å². The van der Waals surface area contributed by atoms with Crippen LogP contribution in [0.15, 0.2) is 29.2 Å². The summed E-state index contributed by atoms with van der Waals surface area (Å²) in [5.41, 5.74) is 0. The lowest BCUT2D eigenvalue weighted by Crippen LogP contribution is -1.96. The highest BCUT2D eigenvalue weighted by Gasteiger charge is 2.07. The number of hydrogen-bond donors (Lipinski definition) is 2. The summed E-state index contributed by atoms with van der Waals surface area (Å²) in [5, 5.41) is 8.75. The van der Waals surface area contributed by atoms with E-state index in [1.54, 1.807) is 0 Å². The van der Waals surface area contributed by atoms with Crippen LogP contribution in [0, 0.1) is 0 Å². The normalized spacial score (nSPS) is 9.62. The molecule has 0 saturated heterocycles. The minimum Gasteiger partial charge on any atom is -0.508 e. The zero-order valence-electron chi connectivity index (χ0n) is 6.43. The molecule has 0 bridgehead atoms. The lowest BCUT2D eigenvalue weighted by atomic mass is 10.3. The monoisotopic (exact) mass is 210 g/mol. The number of phenols is 1. The highest BCUT2D eigenvalue weighted by atomic mass is 32.2. The second kappa shape index (κ2) is 4.77. The summed E-state index contributed by atoms with van der Waals surface area (Å²) in [5.74, 6) is -0.0441. The van der Waals surface area contributed by atoms with Gasteiger partial charge >= 0.3 is 0 Å². The molecule has 0 spiro atoms. The van der Waals surface area contributed by atoms with E-state index < -0.39 is 10.1 Å². The van der Waals surface area contributed by atoms with Crippen molar-refractivity contribution in [3.8, 4) is 5.75 Å². The molecule has 0 radical (unpaired) electrons. The maximum atomic E-state index is 10.4. The summed E-state index contributed by atoms with van der Waals surface area (Å²) in [6, 6.07) is 4.60. The van der Waals surface area contributed by atoms with Gasteiger partial charge in [-0.3, -0.25) is 4.55 Å². The molecule has 6 N–H and O–H groups in total. The topological polar surface area (TPSA) is 138 Å². The third-order valence-electron chi connectivity index (χ3n) is 1.13. The minimum absolute atomic E-state index is 0. The van der Waals surface area contributed by atoms with E-state index in [4.69, 9.17) is 9.66 Å². The lowest BCUT2D eigenvalue weighted by molar-refractivity contribution is 0.472. The van der Waals surface area contributed by atoms with Crippen LogP contribution < -0.4 is 0 Å².